The molecule has 0 atom stereocenters. The lowest BCUT2D eigenvalue weighted by molar-refractivity contribution is 0.0521. The van der Waals surface area contributed by atoms with E-state index < -0.39 is 17.7 Å². The standard InChI is InChI=1S/C24H26N6O4S/c1-24(2,3)34-23(32)26-11-15-10-14(8-9-25-15)17-13-35-18-6-7-19(27-20(17)18)28-21-16(22(31)33-5)12-30(4)29-21/h6-10,12-13H,11H2,1-5H3,(H,26,32)(H,27,28,29). The molecule has 4 aromatic heterocycles. The quantitative estimate of drug-likeness (QED) is 0.372. The number of hydrogen-bond donors (Lipinski definition) is 2. The average Bonchev–Trinajstić information content (AvgIpc) is 3.39. The second kappa shape index (κ2) is 9.71. The van der Waals surface area contributed by atoms with Crippen LogP contribution >= 0.6 is 11.3 Å². The molecule has 0 saturated heterocycles. The maximum Gasteiger partial charge on any atom is 0.407 e. The zero-order chi connectivity index (χ0) is 25.2. The summed E-state index contributed by atoms with van der Waals surface area (Å²) in [6.07, 6.45) is 2.79. The Bertz CT molecular complexity index is 1390. The van der Waals surface area contributed by atoms with E-state index in [-0.39, 0.29) is 6.54 Å². The topological polar surface area (TPSA) is 120 Å². The molecule has 0 radical (unpaired) electrons. The molecule has 0 spiro atoms. The van der Waals surface area contributed by atoms with E-state index in [4.69, 9.17) is 14.5 Å². The molecule has 35 heavy (non-hydrogen) atoms. The van der Waals surface area contributed by atoms with Crippen molar-refractivity contribution >= 4 is 45.3 Å². The van der Waals surface area contributed by atoms with E-state index in [0.29, 0.717) is 22.9 Å². The molecular formula is C24H26N6O4S. The summed E-state index contributed by atoms with van der Waals surface area (Å²) in [5, 5.41) is 12.2. The van der Waals surface area contributed by atoms with Crippen molar-refractivity contribution in [2.45, 2.75) is 32.9 Å². The van der Waals surface area contributed by atoms with Gasteiger partial charge in [0.15, 0.2) is 5.82 Å². The molecule has 4 heterocycles. The molecule has 10 nitrogen and oxygen atoms in total. The maximum absolute atomic E-state index is 12.1. The first-order chi connectivity index (χ1) is 16.6. The molecule has 0 bridgehead atoms. The van der Waals surface area contributed by atoms with E-state index in [2.05, 4.69) is 20.7 Å². The molecule has 0 fully saturated rings. The molecule has 4 aromatic rings. The van der Waals surface area contributed by atoms with Crippen molar-refractivity contribution in [3.05, 3.63) is 53.3 Å². The Kier molecular flexibility index (Phi) is 6.70. The molecule has 0 saturated carbocycles. The van der Waals surface area contributed by atoms with Crippen LogP contribution in [0.5, 0.6) is 0 Å². The number of esters is 1. The first kappa shape index (κ1) is 24.1. The van der Waals surface area contributed by atoms with E-state index in [0.717, 1.165) is 21.3 Å². The molecule has 182 valence electrons. The summed E-state index contributed by atoms with van der Waals surface area (Å²) >= 11 is 1.58. The van der Waals surface area contributed by atoms with Crippen LogP contribution in [0.25, 0.3) is 21.3 Å². The van der Waals surface area contributed by atoms with Gasteiger partial charge in [-0.05, 0) is 50.6 Å². The van der Waals surface area contributed by atoms with Crippen molar-refractivity contribution in [3.63, 3.8) is 0 Å². The van der Waals surface area contributed by atoms with Crippen LogP contribution < -0.4 is 10.6 Å². The Morgan fingerprint density at radius 1 is 1.20 bits per heavy atom. The summed E-state index contributed by atoms with van der Waals surface area (Å²) in [6.45, 7) is 5.68. The number of rotatable bonds is 6. The smallest absolute Gasteiger partial charge is 0.407 e. The normalized spacial score (nSPS) is 11.3. The van der Waals surface area contributed by atoms with Crippen molar-refractivity contribution in [1.82, 2.24) is 25.1 Å². The predicted octanol–water partition coefficient (Wildman–Crippen LogP) is 4.65. The number of nitrogens with zero attached hydrogens (tertiary/aromatic N) is 4. The van der Waals surface area contributed by atoms with Crippen molar-refractivity contribution in [3.8, 4) is 11.1 Å². The first-order valence-electron chi connectivity index (χ1n) is 10.8. The number of alkyl carbamates (subject to hydrolysis) is 1. The van der Waals surface area contributed by atoms with E-state index in [9.17, 15) is 9.59 Å². The van der Waals surface area contributed by atoms with E-state index in [1.807, 2.05) is 50.4 Å². The van der Waals surface area contributed by atoms with Gasteiger partial charge in [-0.15, -0.1) is 11.3 Å². The summed E-state index contributed by atoms with van der Waals surface area (Å²) in [5.41, 5.74) is 3.10. The molecule has 0 aliphatic carbocycles. The zero-order valence-electron chi connectivity index (χ0n) is 20.1. The number of pyridine rings is 2. The van der Waals surface area contributed by atoms with Gasteiger partial charge in [0.25, 0.3) is 0 Å². The van der Waals surface area contributed by atoms with Crippen LogP contribution in [0.4, 0.5) is 16.4 Å². The Balaban J connectivity index is 1.58. The fourth-order valence-corrected chi connectivity index (χ4v) is 4.27. The molecule has 11 heteroatoms. The van der Waals surface area contributed by atoms with E-state index in [1.165, 1.54) is 11.8 Å². The number of methoxy groups -OCH3 is 1. The minimum Gasteiger partial charge on any atom is -0.465 e. The number of carbonyl (C=O) groups excluding carboxylic acids is 2. The van der Waals surface area contributed by atoms with Crippen LogP contribution in [0, 0.1) is 0 Å². The number of fused-ring (bicyclic) bond motifs is 1. The number of aryl methyl sites for hydroxylation is 1. The Morgan fingerprint density at radius 3 is 2.74 bits per heavy atom. The van der Waals surface area contributed by atoms with Gasteiger partial charge in [0, 0.05) is 30.4 Å². The molecule has 0 aliphatic heterocycles. The van der Waals surface area contributed by atoms with E-state index >= 15 is 0 Å². The van der Waals surface area contributed by atoms with Gasteiger partial charge in [-0.1, -0.05) is 0 Å². The lowest BCUT2D eigenvalue weighted by Crippen LogP contribution is -2.32. The number of amides is 1. The summed E-state index contributed by atoms with van der Waals surface area (Å²) in [4.78, 5) is 33.2. The summed E-state index contributed by atoms with van der Waals surface area (Å²) in [5.74, 6) is 0.423. The highest BCUT2D eigenvalue weighted by molar-refractivity contribution is 7.17. The molecule has 0 aliphatic rings. The van der Waals surface area contributed by atoms with Crippen molar-refractivity contribution < 1.29 is 19.1 Å². The van der Waals surface area contributed by atoms with Gasteiger partial charge in [-0.3, -0.25) is 9.67 Å². The van der Waals surface area contributed by atoms with Gasteiger partial charge in [-0.2, -0.15) is 5.10 Å². The third kappa shape index (κ3) is 5.75. The summed E-state index contributed by atoms with van der Waals surface area (Å²) in [6, 6.07) is 7.61. The van der Waals surface area contributed by atoms with Crippen LogP contribution in [0.1, 0.15) is 36.8 Å². The minimum atomic E-state index is -0.570. The van der Waals surface area contributed by atoms with Gasteiger partial charge in [-0.25, -0.2) is 14.6 Å². The van der Waals surface area contributed by atoms with Gasteiger partial charge in [0.1, 0.15) is 17.0 Å². The molecule has 4 rings (SSSR count). The highest BCUT2D eigenvalue weighted by Gasteiger charge is 2.18. The number of carbonyl (C=O) groups is 2. The van der Waals surface area contributed by atoms with Crippen LogP contribution in [-0.2, 0) is 23.1 Å². The average molecular weight is 495 g/mol. The van der Waals surface area contributed by atoms with Gasteiger partial charge >= 0.3 is 12.1 Å². The number of anilines is 2. The Labute approximate surface area is 206 Å². The molecule has 2 N–H and O–H groups in total. The Morgan fingerprint density at radius 2 is 2.00 bits per heavy atom. The zero-order valence-corrected chi connectivity index (χ0v) is 20.9. The van der Waals surface area contributed by atoms with Crippen LogP contribution in [0.15, 0.2) is 42.0 Å². The number of nitrogens with one attached hydrogen (secondary N) is 2. The van der Waals surface area contributed by atoms with Gasteiger partial charge in [0.2, 0.25) is 0 Å². The Hall–Kier alpha value is -3.99. The van der Waals surface area contributed by atoms with Gasteiger partial charge < -0.3 is 20.1 Å². The molecule has 0 aromatic carbocycles. The monoisotopic (exact) mass is 494 g/mol. The highest BCUT2D eigenvalue weighted by Crippen LogP contribution is 2.34. The molecule has 0 unspecified atom stereocenters. The lowest BCUT2D eigenvalue weighted by Gasteiger charge is -2.19. The fourth-order valence-electron chi connectivity index (χ4n) is 3.37. The lowest BCUT2D eigenvalue weighted by atomic mass is 10.1. The number of ether oxygens (including phenoxy) is 2. The largest absolute Gasteiger partial charge is 0.465 e. The molecule has 1 amide bonds. The van der Waals surface area contributed by atoms with Crippen LogP contribution in [0.2, 0.25) is 0 Å². The third-order valence-electron chi connectivity index (χ3n) is 4.84. The van der Waals surface area contributed by atoms with Crippen molar-refractivity contribution in [2.75, 3.05) is 12.4 Å². The second-order valence-corrected chi connectivity index (χ2v) is 9.68. The second-order valence-electron chi connectivity index (χ2n) is 8.77. The van der Waals surface area contributed by atoms with E-state index in [1.54, 1.807) is 30.8 Å². The van der Waals surface area contributed by atoms with Crippen LogP contribution in [0.3, 0.4) is 0 Å². The summed E-state index contributed by atoms with van der Waals surface area (Å²) < 4.78 is 12.7. The number of aromatic nitrogens is 4. The maximum atomic E-state index is 12.1. The number of thiophene rings is 1. The minimum absolute atomic E-state index is 0.237. The van der Waals surface area contributed by atoms with Crippen LogP contribution in [-0.4, -0.2) is 44.5 Å². The number of hydrogen-bond acceptors (Lipinski definition) is 9. The molecular weight excluding hydrogens is 468 g/mol. The third-order valence-corrected chi connectivity index (χ3v) is 5.77. The highest BCUT2D eigenvalue weighted by atomic mass is 32.1. The van der Waals surface area contributed by atoms with Crippen molar-refractivity contribution in [1.29, 1.82) is 0 Å². The predicted molar refractivity (Wildman–Crippen MR) is 134 cm³/mol. The first-order valence-corrected chi connectivity index (χ1v) is 11.7. The van der Waals surface area contributed by atoms with Crippen molar-refractivity contribution in [2.24, 2.45) is 7.05 Å². The van der Waals surface area contributed by atoms with Gasteiger partial charge in [0.05, 0.1) is 29.6 Å². The fraction of sp³-hybridized carbons (Fsp3) is 0.292. The SMILES string of the molecule is COC(=O)c1cn(C)nc1Nc1ccc2scc(-c3ccnc(CNC(=O)OC(C)(C)C)c3)c2n1. The summed E-state index contributed by atoms with van der Waals surface area (Å²) in [7, 11) is 3.05.